The molecule has 0 amide bonds. The van der Waals surface area contributed by atoms with Gasteiger partial charge in [0.1, 0.15) is 0 Å². The molecule has 0 aliphatic heterocycles. The highest BCUT2D eigenvalue weighted by atomic mass is 16.6. The summed E-state index contributed by atoms with van der Waals surface area (Å²) in [5, 5.41) is 8.59. The standard InChI is InChI=1S/C27H54O6/c1-24(2)7-4-8-25(3)9-5-10-26-11-6-12-27(23-26)33-22-21-32-20-19-31-18-17-30-16-15-29-14-13-28/h24-28H,4-23H2,1-3H3. The Morgan fingerprint density at radius 1 is 0.697 bits per heavy atom. The Balaban J connectivity index is 1.89. The van der Waals surface area contributed by atoms with Gasteiger partial charge in [0.15, 0.2) is 0 Å². The highest BCUT2D eigenvalue weighted by Gasteiger charge is 2.22. The van der Waals surface area contributed by atoms with Crippen molar-refractivity contribution in [2.24, 2.45) is 17.8 Å². The molecule has 1 fully saturated rings. The number of aliphatic hydroxyl groups excluding tert-OH is 1. The Bertz CT molecular complexity index is 406. The van der Waals surface area contributed by atoms with Crippen LogP contribution >= 0.6 is 0 Å². The van der Waals surface area contributed by atoms with Crippen molar-refractivity contribution in [1.29, 1.82) is 0 Å². The van der Waals surface area contributed by atoms with Crippen molar-refractivity contribution >= 4 is 0 Å². The van der Waals surface area contributed by atoms with E-state index in [0.717, 1.165) is 17.8 Å². The van der Waals surface area contributed by atoms with Crippen LogP contribution in [0.2, 0.25) is 0 Å². The van der Waals surface area contributed by atoms with Gasteiger partial charge in [-0.25, -0.2) is 0 Å². The van der Waals surface area contributed by atoms with Gasteiger partial charge in [-0.05, 0) is 30.6 Å². The van der Waals surface area contributed by atoms with Gasteiger partial charge in [-0.1, -0.05) is 72.1 Å². The maximum absolute atomic E-state index is 8.59. The Morgan fingerprint density at radius 2 is 1.27 bits per heavy atom. The summed E-state index contributed by atoms with van der Waals surface area (Å²) >= 11 is 0. The van der Waals surface area contributed by atoms with E-state index in [4.69, 9.17) is 28.8 Å². The highest BCUT2D eigenvalue weighted by Crippen LogP contribution is 2.31. The molecule has 1 aliphatic carbocycles. The molecule has 0 spiro atoms. The summed E-state index contributed by atoms with van der Waals surface area (Å²) in [5.41, 5.74) is 0. The summed E-state index contributed by atoms with van der Waals surface area (Å²) in [4.78, 5) is 0. The molecule has 0 aromatic carbocycles. The van der Waals surface area contributed by atoms with Crippen LogP contribution in [0.4, 0.5) is 0 Å². The van der Waals surface area contributed by atoms with Crippen LogP contribution in [0.3, 0.4) is 0 Å². The van der Waals surface area contributed by atoms with Crippen molar-refractivity contribution in [2.75, 3.05) is 66.1 Å². The van der Waals surface area contributed by atoms with Crippen LogP contribution < -0.4 is 0 Å². The molecule has 1 rings (SSSR count). The first-order chi connectivity index (χ1) is 16.1. The molecule has 1 aliphatic rings. The molecule has 0 saturated heterocycles. The Kier molecular flexibility index (Phi) is 20.7. The predicted octanol–water partition coefficient (Wildman–Crippen LogP) is 5.25. The third kappa shape index (κ3) is 19.7. The molecule has 6 nitrogen and oxygen atoms in total. The largest absolute Gasteiger partial charge is 0.394 e. The Labute approximate surface area is 204 Å². The first-order valence-corrected chi connectivity index (χ1v) is 13.6. The summed E-state index contributed by atoms with van der Waals surface area (Å²) in [6.45, 7) is 12.1. The second-order valence-corrected chi connectivity index (χ2v) is 10.1. The van der Waals surface area contributed by atoms with Crippen molar-refractivity contribution in [2.45, 2.75) is 91.1 Å². The lowest BCUT2D eigenvalue weighted by atomic mass is 9.83. The maximum Gasteiger partial charge on any atom is 0.0704 e. The van der Waals surface area contributed by atoms with Crippen molar-refractivity contribution in [3.63, 3.8) is 0 Å². The minimum absolute atomic E-state index is 0.0492. The van der Waals surface area contributed by atoms with Crippen molar-refractivity contribution in [1.82, 2.24) is 0 Å². The smallest absolute Gasteiger partial charge is 0.0704 e. The van der Waals surface area contributed by atoms with Crippen LogP contribution in [0.5, 0.6) is 0 Å². The number of ether oxygens (including phenoxy) is 5. The van der Waals surface area contributed by atoms with E-state index in [-0.39, 0.29) is 6.61 Å². The van der Waals surface area contributed by atoms with Gasteiger partial charge in [0.05, 0.1) is 72.2 Å². The SMILES string of the molecule is CC(C)CCCC(C)CCCC1CCCC(OCCOCCOCCOCCOCCO)C1. The summed E-state index contributed by atoms with van der Waals surface area (Å²) in [6, 6.07) is 0. The molecule has 198 valence electrons. The highest BCUT2D eigenvalue weighted by molar-refractivity contribution is 4.74. The first-order valence-electron chi connectivity index (χ1n) is 13.6. The van der Waals surface area contributed by atoms with Crippen LogP contribution in [-0.2, 0) is 23.7 Å². The van der Waals surface area contributed by atoms with E-state index in [9.17, 15) is 0 Å². The molecule has 0 radical (unpaired) electrons. The molecule has 3 atom stereocenters. The number of hydrogen-bond donors (Lipinski definition) is 1. The number of aliphatic hydroxyl groups is 1. The minimum atomic E-state index is 0.0492. The molecule has 0 bridgehead atoms. The molecule has 1 saturated carbocycles. The van der Waals surface area contributed by atoms with Gasteiger partial charge < -0.3 is 28.8 Å². The zero-order chi connectivity index (χ0) is 24.0. The van der Waals surface area contributed by atoms with Gasteiger partial charge in [-0.2, -0.15) is 0 Å². The van der Waals surface area contributed by atoms with E-state index < -0.39 is 0 Å². The van der Waals surface area contributed by atoms with E-state index >= 15 is 0 Å². The molecule has 1 N–H and O–H groups in total. The molecule has 3 unspecified atom stereocenters. The van der Waals surface area contributed by atoms with Crippen molar-refractivity contribution in [3.05, 3.63) is 0 Å². The minimum Gasteiger partial charge on any atom is -0.394 e. The predicted molar refractivity (Wildman–Crippen MR) is 134 cm³/mol. The van der Waals surface area contributed by atoms with E-state index in [1.807, 2.05) is 0 Å². The molecule has 33 heavy (non-hydrogen) atoms. The maximum atomic E-state index is 8.59. The molecule has 6 heteroatoms. The topological polar surface area (TPSA) is 66.4 Å². The van der Waals surface area contributed by atoms with Crippen LogP contribution in [-0.4, -0.2) is 77.3 Å². The normalized spacial score (nSPS) is 19.9. The lowest BCUT2D eigenvalue weighted by Crippen LogP contribution is -2.24. The van der Waals surface area contributed by atoms with Gasteiger partial charge >= 0.3 is 0 Å². The van der Waals surface area contributed by atoms with Crippen LogP contribution in [0.1, 0.15) is 85.0 Å². The van der Waals surface area contributed by atoms with E-state index in [2.05, 4.69) is 20.8 Å². The first kappa shape index (κ1) is 30.8. The molecule has 0 aromatic rings. The fourth-order valence-corrected chi connectivity index (χ4v) is 4.53. The Morgan fingerprint density at radius 3 is 1.88 bits per heavy atom. The third-order valence-electron chi connectivity index (χ3n) is 6.46. The second kappa shape index (κ2) is 22.2. The summed E-state index contributed by atoms with van der Waals surface area (Å²) in [5.74, 6) is 2.57. The van der Waals surface area contributed by atoms with E-state index in [1.165, 1.54) is 64.2 Å². The fourth-order valence-electron chi connectivity index (χ4n) is 4.53. The van der Waals surface area contributed by atoms with Crippen LogP contribution in [0.15, 0.2) is 0 Å². The van der Waals surface area contributed by atoms with Gasteiger partial charge in [0.25, 0.3) is 0 Å². The van der Waals surface area contributed by atoms with Gasteiger partial charge in [-0.15, -0.1) is 0 Å². The molecular weight excluding hydrogens is 420 g/mol. The van der Waals surface area contributed by atoms with E-state index in [0.29, 0.717) is 65.6 Å². The summed E-state index contributed by atoms with van der Waals surface area (Å²) in [6.07, 6.45) is 13.9. The molecular formula is C27H54O6. The van der Waals surface area contributed by atoms with Crippen LogP contribution in [0.25, 0.3) is 0 Å². The quantitative estimate of drug-likeness (QED) is 0.204. The average Bonchev–Trinajstić information content (AvgIpc) is 2.79. The molecule has 0 aromatic heterocycles. The van der Waals surface area contributed by atoms with Crippen molar-refractivity contribution < 1.29 is 28.8 Å². The van der Waals surface area contributed by atoms with Crippen LogP contribution in [0, 0.1) is 17.8 Å². The number of hydrogen-bond acceptors (Lipinski definition) is 6. The zero-order valence-electron chi connectivity index (χ0n) is 21.9. The van der Waals surface area contributed by atoms with Gasteiger partial charge in [0, 0.05) is 0 Å². The van der Waals surface area contributed by atoms with Gasteiger partial charge in [-0.3, -0.25) is 0 Å². The third-order valence-corrected chi connectivity index (χ3v) is 6.46. The Hall–Kier alpha value is -0.240. The van der Waals surface area contributed by atoms with E-state index in [1.54, 1.807) is 0 Å². The second-order valence-electron chi connectivity index (χ2n) is 10.1. The summed E-state index contributed by atoms with van der Waals surface area (Å²) < 4.78 is 27.7. The number of rotatable bonds is 23. The molecule has 0 heterocycles. The monoisotopic (exact) mass is 474 g/mol. The average molecular weight is 475 g/mol. The fraction of sp³-hybridized carbons (Fsp3) is 1.00. The van der Waals surface area contributed by atoms with Gasteiger partial charge in [0.2, 0.25) is 0 Å². The zero-order valence-corrected chi connectivity index (χ0v) is 21.9. The van der Waals surface area contributed by atoms with Crippen molar-refractivity contribution in [3.8, 4) is 0 Å². The lowest BCUT2D eigenvalue weighted by molar-refractivity contribution is -0.0358. The summed E-state index contributed by atoms with van der Waals surface area (Å²) in [7, 11) is 0. The lowest BCUT2D eigenvalue weighted by Gasteiger charge is -2.29.